The SMILES string of the molecule is COC(=O)[C@@](C)(O)[C@H](CC(C)C)C(=O)SC(C)(C)C. The molecule has 112 valence electrons. The van der Waals surface area contributed by atoms with Crippen LogP contribution in [0.15, 0.2) is 0 Å². The summed E-state index contributed by atoms with van der Waals surface area (Å²) in [4.78, 5) is 24.0. The van der Waals surface area contributed by atoms with E-state index in [1.807, 2.05) is 34.6 Å². The lowest BCUT2D eigenvalue weighted by atomic mass is 9.83. The molecule has 5 heteroatoms. The predicted molar refractivity (Wildman–Crippen MR) is 77.9 cm³/mol. The maximum absolute atomic E-state index is 12.4. The van der Waals surface area contributed by atoms with Crippen molar-refractivity contribution in [2.45, 2.75) is 58.3 Å². The molecule has 1 N–H and O–H groups in total. The fraction of sp³-hybridized carbons (Fsp3) is 0.857. The van der Waals surface area contributed by atoms with E-state index in [0.29, 0.717) is 6.42 Å². The van der Waals surface area contributed by atoms with Crippen LogP contribution in [0.25, 0.3) is 0 Å². The molecule has 0 unspecified atom stereocenters. The molecular weight excluding hydrogens is 264 g/mol. The Hall–Kier alpha value is -0.550. The molecule has 0 aromatic rings. The molecule has 0 rings (SSSR count). The van der Waals surface area contributed by atoms with Crippen molar-refractivity contribution >= 4 is 22.8 Å². The minimum absolute atomic E-state index is 0.170. The third-order valence-corrected chi connectivity index (χ3v) is 3.77. The van der Waals surface area contributed by atoms with Gasteiger partial charge in [0.15, 0.2) is 10.7 Å². The molecule has 0 amide bonds. The molecule has 0 radical (unpaired) electrons. The summed E-state index contributed by atoms with van der Waals surface area (Å²) in [6, 6.07) is 0. The van der Waals surface area contributed by atoms with E-state index >= 15 is 0 Å². The van der Waals surface area contributed by atoms with E-state index in [1.165, 1.54) is 14.0 Å². The first kappa shape index (κ1) is 18.4. The van der Waals surface area contributed by atoms with Crippen molar-refractivity contribution in [1.82, 2.24) is 0 Å². The Morgan fingerprint density at radius 1 is 1.21 bits per heavy atom. The Bertz CT molecular complexity index is 329. The highest BCUT2D eigenvalue weighted by Crippen LogP contribution is 2.35. The first-order valence-corrected chi connectivity index (χ1v) is 7.27. The number of hydrogen-bond acceptors (Lipinski definition) is 5. The van der Waals surface area contributed by atoms with Gasteiger partial charge in [0.2, 0.25) is 0 Å². The zero-order valence-electron chi connectivity index (χ0n) is 12.9. The Morgan fingerprint density at radius 3 is 2.00 bits per heavy atom. The Morgan fingerprint density at radius 2 is 1.68 bits per heavy atom. The average molecular weight is 290 g/mol. The van der Waals surface area contributed by atoms with Crippen LogP contribution >= 0.6 is 11.8 Å². The van der Waals surface area contributed by atoms with Crippen molar-refractivity contribution in [2.75, 3.05) is 7.11 Å². The van der Waals surface area contributed by atoms with E-state index in [-0.39, 0.29) is 15.8 Å². The summed E-state index contributed by atoms with van der Waals surface area (Å²) < 4.78 is 4.36. The van der Waals surface area contributed by atoms with E-state index in [0.717, 1.165) is 11.8 Å². The topological polar surface area (TPSA) is 63.6 Å². The lowest BCUT2D eigenvalue weighted by Crippen LogP contribution is -2.47. The number of ether oxygens (including phenoxy) is 1. The minimum Gasteiger partial charge on any atom is -0.467 e. The van der Waals surface area contributed by atoms with Gasteiger partial charge in [0.1, 0.15) is 0 Å². The molecule has 0 aromatic carbocycles. The molecule has 0 heterocycles. The van der Waals surface area contributed by atoms with Gasteiger partial charge in [-0.25, -0.2) is 4.79 Å². The van der Waals surface area contributed by atoms with Gasteiger partial charge in [-0.15, -0.1) is 0 Å². The van der Waals surface area contributed by atoms with Gasteiger partial charge in [-0.3, -0.25) is 4.79 Å². The van der Waals surface area contributed by atoms with Gasteiger partial charge in [0, 0.05) is 4.75 Å². The molecule has 0 aliphatic heterocycles. The first-order valence-electron chi connectivity index (χ1n) is 6.45. The molecule has 0 bridgehead atoms. The first-order chi connectivity index (χ1) is 8.41. The zero-order chi connectivity index (χ0) is 15.4. The molecule has 0 fully saturated rings. The molecular formula is C14H26O4S. The molecule has 4 nitrogen and oxygen atoms in total. The summed E-state index contributed by atoms with van der Waals surface area (Å²) in [7, 11) is 1.21. The van der Waals surface area contributed by atoms with Crippen LogP contribution in [0.1, 0.15) is 48.0 Å². The number of carbonyl (C=O) groups is 2. The van der Waals surface area contributed by atoms with Crippen LogP contribution in [0.5, 0.6) is 0 Å². The Labute approximate surface area is 120 Å². The third kappa shape index (κ3) is 5.95. The number of rotatable bonds is 5. The molecule has 19 heavy (non-hydrogen) atoms. The minimum atomic E-state index is -1.78. The van der Waals surface area contributed by atoms with E-state index in [2.05, 4.69) is 4.74 Å². The van der Waals surface area contributed by atoms with Crippen molar-refractivity contribution in [1.29, 1.82) is 0 Å². The van der Waals surface area contributed by atoms with Gasteiger partial charge in [-0.1, -0.05) is 46.4 Å². The molecule has 0 spiro atoms. The van der Waals surface area contributed by atoms with Gasteiger partial charge >= 0.3 is 5.97 Å². The van der Waals surface area contributed by atoms with Gasteiger partial charge in [-0.2, -0.15) is 0 Å². The lowest BCUT2D eigenvalue weighted by molar-refractivity contribution is -0.168. The monoisotopic (exact) mass is 290 g/mol. The predicted octanol–water partition coefficient (Wildman–Crippen LogP) is 2.63. The van der Waals surface area contributed by atoms with Crippen molar-refractivity contribution in [3.05, 3.63) is 0 Å². The summed E-state index contributed by atoms with van der Waals surface area (Å²) in [5.41, 5.74) is -1.78. The Balaban J connectivity index is 5.21. The smallest absolute Gasteiger partial charge is 0.338 e. The number of aliphatic hydroxyl groups is 1. The van der Waals surface area contributed by atoms with Gasteiger partial charge in [0.25, 0.3) is 0 Å². The van der Waals surface area contributed by atoms with Crippen LogP contribution in [-0.4, -0.2) is 33.6 Å². The zero-order valence-corrected chi connectivity index (χ0v) is 13.8. The maximum atomic E-state index is 12.4. The van der Waals surface area contributed by atoms with E-state index in [1.54, 1.807) is 0 Å². The van der Waals surface area contributed by atoms with Crippen LogP contribution in [-0.2, 0) is 14.3 Å². The number of esters is 1. The van der Waals surface area contributed by atoms with Crippen LogP contribution in [0, 0.1) is 11.8 Å². The molecule has 0 aliphatic rings. The van der Waals surface area contributed by atoms with Crippen LogP contribution < -0.4 is 0 Å². The summed E-state index contributed by atoms with van der Waals surface area (Å²) in [5, 5.41) is 10.2. The van der Waals surface area contributed by atoms with Crippen molar-refractivity contribution in [3.8, 4) is 0 Å². The quantitative estimate of drug-likeness (QED) is 0.789. The maximum Gasteiger partial charge on any atom is 0.338 e. The largest absolute Gasteiger partial charge is 0.467 e. The number of carbonyl (C=O) groups excluding carboxylic acids is 2. The number of methoxy groups -OCH3 is 1. The molecule has 2 atom stereocenters. The highest BCUT2D eigenvalue weighted by molar-refractivity contribution is 8.14. The highest BCUT2D eigenvalue weighted by atomic mass is 32.2. The van der Waals surface area contributed by atoms with Crippen molar-refractivity contribution in [3.63, 3.8) is 0 Å². The van der Waals surface area contributed by atoms with Gasteiger partial charge < -0.3 is 9.84 Å². The van der Waals surface area contributed by atoms with E-state index < -0.39 is 17.5 Å². The standard InChI is InChI=1S/C14H26O4S/c1-9(2)8-10(11(15)19-13(3,4)5)14(6,17)12(16)18-7/h9-10,17H,8H2,1-7H3/t10-,14+/m1/s1. The average Bonchev–Trinajstić information content (AvgIpc) is 2.21. The Kier molecular flexibility index (Phi) is 6.55. The van der Waals surface area contributed by atoms with E-state index in [9.17, 15) is 14.7 Å². The van der Waals surface area contributed by atoms with Gasteiger partial charge in [0.05, 0.1) is 13.0 Å². The second kappa shape index (κ2) is 6.75. The van der Waals surface area contributed by atoms with Crippen molar-refractivity contribution < 1.29 is 19.4 Å². The highest BCUT2D eigenvalue weighted by Gasteiger charge is 2.45. The molecule has 0 aliphatic carbocycles. The second-order valence-corrected chi connectivity index (χ2v) is 8.19. The summed E-state index contributed by atoms with van der Waals surface area (Å²) in [5.74, 6) is -1.32. The molecule has 0 aromatic heterocycles. The van der Waals surface area contributed by atoms with Crippen molar-refractivity contribution in [2.24, 2.45) is 11.8 Å². The number of hydrogen-bond donors (Lipinski definition) is 1. The molecule has 0 saturated heterocycles. The third-order valence-electron chi connectivity index (χ3n) is 2.68. The second-order valence-electron chi connectivity index (χ2n) is 6.35. The van der Waals surface area contributed by atoms with Crippen LogP contribution in [0.3, 0.4) is 0 Å². The van der Waals surface area contributed by atoms with Crippen LogP contribution in [0.4, 0.5) is 0 Å². The van der Waals surface area contributed by atoms with Crippen LogP contribution in [0.2, 0.25) is 0 Å². The van der Waals surface area contributed by atoms with Gasteiger partial charge in [-0.05, 0) is 19.3 Å². The number of thioether (sulfide) groups is 1. The fourth-order valence-corrected chi connectivity index (χ4v) is 2.82. The summed E-state index contributed by atoms with van der Waals surface area (Å²) >= 11 is 1.15. The summed E-state index contributed by atoms with van der Waals surface area (Å²) in [6.07, 6.45) is 0.448. The lowest BCUT2D eigenvalue weighted by Gasteiger charge is -2.31. The normalized spacial score (nSPS) is 16.9. The van der Waals surface area contributed by atoms with E-state index in [4.69, 9.17) is 0 Å². The fourth-order valence-electron chi connectivity index (χ4n) is 1.75. The molecule has 0 saturated carbocycles. The summed E-state index contributed by atoms with van der Waals surface area (Å²) in [6.45, 7) is 11.0.